The molecule has 1 fully saturated rings. The van der Waals surface area contributed by atoms with Crippen LogP contribution in [0, 0.1) is 0 Å². The Kier molecular flexibility index (Phi) is 6.36. The number of thioether (sulfide) groups is 1. The molecule has 1 aromatic heterocycles. The molecule has 0 saturated carbocycles. The molecular formula is C23H16ClNO5S2. The van der Waals surface area contributed by atoms with Crippen molar-refractivity contribution in [1.29, 1.82) is 0 Å². The van der Waals surface area contributed by atoms with Crippen molar-refractivity contribution in [3.63, 3.8) is 0 Å². The third kappa shape index (κ3) is 4.72. The Morgan fingerprint density at radius 3 is 2.47 bits per heavy atom. The number of hydrogen-bond donors (Lipinski definition) is 2. The minimum Gasteiger partial charge on any atom is -0.508 e. The number of phenols is 1. The number of rotatable bonds is 6. The Balaban J connectivity index is 1.56. The normalized spacial score (nSPS) is 16.0. The van der Waals surface area contributed by atoms with Crippen LogP contribution in [0.5, 0.6) is 5.75 Å². The fourth-order valence-corrected chi connectivity index (χ4v) is 4.68. The van der Waals surface area contributed by atoms with Crippen molar-refractivity contribution in [2.75, 3.05) is 0 Å². The number of aromatic hydroxyl groups is 1. The summed E-state index contributed by atoms with van der Waals surface area (Å²) in [7, 11) is 0. The molecule has 1 unspecified atom stereocenters. The van der Waals surface area contributed by atoms with E-state index in [1.54, 1.807) is 42.5 Å². The molecule has 2 aromatic carbocycles. The van der Waals surface area contributed by atoms with Crippen LogP contribution < -0.4 is 0 Å². The fourth-order valence-electron chi connectivity index (χ4n) is 3.22. The average molecular weight is 486 g/mol. The Labute approximate surface area is 198 Å². The number of carbonyl (C=O) groups excluding carboxylic acids is 1. The topological polar surface area (TPSA) is 91.0 Å². The summed E-state index contributed by atoms with van der Waals surface area (Å²) in [5.74, 6) is -0.528. The van der Waals surface area contributed by atoms with Crippen molar-refractivity contribution in [3.8, 4) is 17.1 Å². The van der Waals surface area contributed by atoms with E-state index in [9.17, 15) is 19.8 Å². The molecule has 1 amide bonds. The molecule has 162 valence electrons. The molecule has 0 bridgehead atoms. The van der Waals surface area contributed by atoms with Crippen molar-refractivity contribution in [2.45, 2.75) is 12.5 Å². The monoisotopic (exact) mass is 485 g/mol. The van der Waals surface area contributed by atoms with Gasteiger partial charge in [0.15, 0.2) is 0 Å². The zero-order chi connectivity index (χ0) is 22.8. The highest BCUT2D eigenvalue weighted by Gasteiger charge is 2.40. The Morgan fingerprint density at radius 2 is 1.81 bits per heavy atom. The molecular weight excluding hydrogens is 470 g/mol. The van der Waals surface area contributed by atoms with Gasteiger partial charge in [-0.15, -0.1) is 0 Å². The smallest absolute Gasteiger partial charge is 0.327 e. The lowest BCUT2D eigenvalue weighted by Gasteiger charge is -2.23. The first-order chi connectivity index (χ1) is 15.3. The maximum absolute atomic E-state index is 13.0. The van der Waals surface area contributed by atoms with Crippen LogP contribution in [0.1, 0.15) is 11.3 Å². The molecule has 4 rings (SSSR count). The van der Waals surface area contributed by atoms with Crippen LogP contribution in [0.15, 0.2) is 70.0 Å². The van der Waals surface area contributed by atoms with E-state index in [-0.39, 0.29) is 21.4 Å². The van der Waals surface area contributed by atoms with E-state index >= 15 is 0 Å². The van der Waals surface area contributed by atoms with Crippen molar-refractivity contribution < 1.29 is 24.2 Å². The highest BCUT2D eigenvalue weighted by atomic mass is 35.5. The maximum Gasteiger partial charge on any atom is 0.327 e. The van der Waals surface area contributed by atoms with Gasteiger partial charge in [0.1, 0.15) is 27.6 Å². The Bertz CT molecular complexity index is 1220. The lowest BCUT2D eigenvalue weighted by Crippen LogP contribution is -2.45. The van der Waals surface area contributed by atoms with Crippen LogP contribution >= 0.6 is 35.6 Å². The Morgan fingerprint density at radius 1 is 1.12 bits per heavy atom. The molecule has 3 aromatic rings. The first kappa shape index (κ1) is 22.1. The SMILES string of the molecule is O=C(O)C(Cc1ccc(O)cc1)N1C(=O)/C(=C\c2ccc(-c3ccc(Cl)cc3)o2)SC1=S. The summed E-state index contributed by atoms with van der Waals surface area (Å²) in [5, 5.41) is 19.8. The van der Waals surface area contributed by atoms with Crippen molar-refractivity contribution in [2.24, 2.45) is 0 Å². The number of aliphatic carboxylic acids is 1. The predicted octanol–water partition coefficient (Wildman–Crippen LogP) is 5.20. The number of hydrogen-bond acceptors (Lipinski definition) is 6. The van der Waals surface area contributed by atoms with Gasteiger partial charge in [0.05, 0.1) is 4.91 Å². The summed E-state index contributed by atoms with van der Waals surface area (Å²) in [4.78, 5) is 26.3. The maximum atomic E-state index is 13.0. The number of amides is 1. The van der Waals surface area contributed by atoms with Gasteiger partial charge in [0.2, 0.25) is 0 Å². The van der Waals surface area contributed by atoms with E-state index < -0.39 is 17.9 Å². The molecule has 9 heteroatoms. The molecule has 1 aliphatic heterocycles. The van der Waals surface area contributed by atoms with Crippen LogP contribution in [0.3, 0.4) is 0 Å². The molecule has 0 aliphatic carbocycles. The number of thiocarbonyl (C=S) groups is 1. The van der Waals surface area contributed by atoms with Gasteiger partial charge < -0.3 is 14.6 Å². The van der Waals surface area contributed by atoms with Crippen LogP contribution in [-0.4, -0.2) is 37.4 Å². The number of carbonyl (C=O) groups is 2. The van der Waals surface area contributed by atoms with Crippen LogP contribution in [0.2, 0.25) is 5.02 Å². The van der Waals surface area contributed by atoms with E-state index in [4.69, 9.17) is 28.2 Å². The number of carboxylic acids is 1. The number of nitrogens with zero attached hydrogens (tertiary/aromatic N) is 1. The van der Waals surface area contributed by atoms with E-state index in [1.165, 1.54) is 12.1 Å². The number of furan rings is 1. The summed E-state index contributed by atoms with van der Waals surface area (Å²) in [6, 6.07) is 15.6. The summed E-state index contributed by atoms with van der Waals surface area (Å²) in [6.45, 7) is 0. The summed E-state index contributed by atoms with van der Waals surface area (Å²) < 4.78 is 5.98. The minimum absolute atomic E-state index is 0.0524. The van der Waals surface area contributed by atoms with Gasteiger partial charge >= 0.3 is 5.97 Å². The lowest BCUT2D eigenvalue weighted by molar-refractivity contribution is -0.145. The van der Waals surface area contributed by atoms with Crippen molar-refractivity contribution >= 4 is 57.9 Å². The summed E-state index contributed by atoms with van der Waals surface area (Å²) in [5.41, 5.74) is 1.49. The van der Waals surface area contributed by atoms with Gasteiger partial charge in [-0.25, -0.2) is 4.79 Å². The fraction of sp³-hybridized carbons (Fsp3) is 0.0870. The Hall–Kier alpha value is -3.07. The van der Waals surface area contributed by atoms with E-state index in [0.717, 1.165) is 22.2 Å². The number of benzene rings is 2. The van der Waals surface area contributed by atoms with Gasteiger partial charge in [-0.1, -0.05) is 47.7 Å². The standard InChI is InChI=1S/C23H16ClNO5S2/c24-15-5-3-14(4-6-15)19-10-9-17(30-19)12-20-21(27)25(23(31)32-20)18(22(28)29)11-13-1-7-16(26)8-2-13/h1-10,12,18,26H,11H2,(H,28,29)/b20-12+. The first-order valence-electron chi connectivity index (χ1n) is 9.45. The zero-order valence-electron chi connectivity index (χ0n) is 16.4. The van der Waals surface area contributed by atoms with E-state index in [2.05, 4.69) is 0 Å². The van der Waals surface area contributed by atoms with E-state index in [1.807, 2.05) is 12.1 Å². The average Bonchev–Trinajstić information content (AvgIpc) is 3.33. The molecule has 6 nitrogen and oxygen atoms in total. The van der Waals surface area contributed by atoms with Crippen molar-refractivity contribution in [3.05, 3.63) is 81.9 Å². The van der Waals surface area contributed by atoms with E-state index in [0.29, 0.717) is 22.1 Å². The summed E-state index contributed by atoms with van der Waals surface area (Å²) in [6.07, 6.45) is 1.61. The van der Waals surface area contributed by atoms with Gasteiger partial charge in [-0.05, 0) is 54.1 Å². The van der Waals surface area contributed by atoms with Crippen LogP contribution in [-0.2, 0) is 16.0 Å². The highest BCUT2D eigenvalue weighted by Crippen LogP contribution is 2.35. The van der Waals surface area contributed by atoms with Crippen molar-refractivity contribution in [1.82, 2.24) is 4.90 Å². The van der Waals surface area contributed by atoms with Crippen LogP contribution in [0.25, 0.3) is 17.4 Å². The molecule has 0 spiro atoms. The second-order valence-corrected chi connectivity index (χ2v) is 9.10. The third-order valence-electron chi connectivity index (χ3n) is 4.81. The number of halogens is 1. The summed E-state index contributed by atoms with van der Waals surface area (Å²) >= 11 is 12.3. The largest absolute Gasteiger partial charge is 0.508 e. The van der Waals surface area contributed by atoms with Gasteiger partial charge in [-0.2, -0.15) is 0 Å². The zero-order valence-corrected chi connectivity index (χ0v) is 18.8. The molecule has 2 N–H and O–H groups in total. The molecule has 1 aliphatic rings. The predicted molar refractivity (Wildman–Crippen MR) is 127 cm³/mol. The molecule has 32 heavy (non-hydrogen) atoms. The number of phenolic OH excluding ortho intramolecular Hbond substituents is 1. The molecule has 2 heterocycles. The third-order valence-corrected chi connectivity index (χ3v) is 6.40. The second kappa shape index (κ2) is 9.20. The quantitative estimate of drug-likeness (QED) is 0.366. The van der Waals surface area contributed by atoms with Gasteiger partial charge in [-0.3, -0.25) is 9.69 Å². The lowest BCUT2D eigenvalue weighted by atomic mass is 10.0. The molecule has 1 atom stereocenters. The van der Waals surface area contributed by atoms with Crippen LogP contribution in [0.4, 0.5) is 0 Å². The van der Waals surface area contributed by atoms with Gasteiger partial charge in [0.25, 0.3) is 5.91 Å². The number of carboxylic acid groups (broad SMARTS) is 1. The molecule has 0 radical (unpaired) electrons. The highest BCUT2D eigenvalue weighted by molar-refractivity contribution is 8.26. The first-order valence-corrected chi connectivity index (χ1v) is 11.1. The molecule has 1 saturated heterocycles. The van der Waals surface area contributed by atoms with Gasteiger partial charge in [0, 0.05) is 23.1 Å². The minimum atomic E-state index is -1.17. The second-order valence-electron chi connectivity index (χ2n) is 6.99.